The molecule has 0 aliphatic carbocycles. The van der Waals surface area contributed by atoms with E-state index >= 15 is 0 Å². The molecule has 0 radical (unpaired) electrons. The zero-order valence-corrected chi connectivity index (χ0v) is 8.75. The molecule has 0 aromatic heterocycles. The predicted octanol–water partition coefficient (Wildman–Crippen LogP) is 3.20. The molecule has 1 nitrogen and oxygen atoms in total. The zero-order chi connectivity index (χ0) is 9.97. The lowest BCUT2D eigenvalue weighted by atomic mass is 9.97. The van der Waals surface area contributed by atoms with Gasteiger partial charge in [0.2, 0.25) is 0 Å². The summed E-state index contributed by atoms with van der Waals surface area (Å²) in [7, 11) is 0. The second-order valence-electron chi connectivity index (χ2n) is 3.86. The molecule has 0 N–H and O–H groups in total. The average molecular weight is 185 g/mol. The minimum Gasteiger partial charge on any atom is -0.269 e. The molecule has 1 aromatic carbocycles. The molecule has 0 spiro atoms. The van der Waals surface area contributed by atoms with Crippen LogP contribution in [-0.4, -0.2) is 6.21 Å². The number of allylic oxidation sites excluding steroid dienone is 1. The molecule has 0 amide bonds. The molecule has 0 bridgehead atoms. The Kier molecular flexibility index (Phi) is 2.49. The van der Waals surface area contributed by atoms with Crippen LogP contribution in [0.4, 0.5) is 0 Å². The Labute approximate surface area is 85.2 Å². The van der Waals surface area contributed by atoms with E-state index in [2.05, 4.69) is 37.0 Å². The minimum atomic E-state index is 1.02. The highest BCUT2D eigenvalue weighted by molar-refractivity contribution is 5.65. The molecule has 14 heavy (non-hydrogen) atoms. The van der Waals surface area contributed by atoms with Gasteiger partial charge in [0.15, 0.2) is 0 Å². The summed E-state index contributed by atoms with van der Waals surface area (Å²) in [5.74, 6) is 0. The summed E-state index contributed by atoms with van der Waals surface area (Å²) in [6, 6.07) is 6.51. The van der Waals surface area contributed by atoms with Gasteiger partial charge in [-0.25, -0.2) is 0 Å². The first kappa shape index (κ1) is 9.20. The fraction of sp³-hybridized carbons (Fsp3) is 0.308. The van der Waals surface area contributed by atoms with Crippen LogP contribution in [-0.2, 0) is 6.42 Å². The summed E-state index contributed by atoms with van der Waals surface area (Å²) in [6.45, 7) is 4.36. The van der Waals surface area contributed by atoms with E-state index in [0.717, 1.165) is 12.8 Å². The molecular weight excluding hydrogens is 170 g/mol. The van der Waals surface area contributed by atoms with Gasteiger partial charge in [0, 0.05) is 18.8 Å². The summed E-state index contributed by atoms with van der Waals surface area (Å²) in [5, 5.41) is 0. The molecule has 0 unspecified atom stereocenters. The van der Waals surface area contributed by atoms with Gasteiger partial charge in [-0.3, -0.25) is 4.99 Å². The number of aryl methyl sites for hydroxylation is 1. The van der Waals surface area contributed by atoms with E-state index < -0.39 is 0 Å². The van der Waals surface area contributed by atoms with Crippen LogP contribution < -0.4 is 0 Å². The van der Waals surface area contributed by atoms with Crippen LogP contribution in [0, 0.1) is 13.8 Å². The van der Waals surface area contributed by atoms with Crippen LogP contribution in [0.5, 0.6) is 0 Å². The van der Waals surface area contributed by atoms with Crippen molar-refractivity contribution in [2.24, 2.45) is 4.99 Å². The second kappa shape index (κ2) is 3.79. The fourth-order valence-electron chi connectivity index (χ4n) is 1.75. The standard InChI is InChI=1S/C13H15N/c1-10-4-3-5-13(11(10)2)8-12-6-7-14-9-12/h3-5,7,9H,6,8H2,1-2H3. The number of hydrogen-bond donors (Lipinski definition) is 0. The van der Waals surface area contributed by atoms with Crippen molar-refractivity contribution in [2.45, 2.75) is 26.7 Å². The largest absolute Gasteiger partial charge is 0.269 e. The summed E-state index contributed by atoms with van der Waals surface area (Å²) in [5.41, 5.74) is 5.64. The maximum Gasteiger partial charge on any atom is 0.0263 e. The van der Waals surface area contributed by atoms with Crippen LogP contribution in [0.25, 0.3) is 0 Å². The number of hydrogen-bond acceptors (Lipinski definition) is 1. The quantitative estimate of drug-likeness (QED) is 0.671. The first-order chi connectivity index (χ1) is 6.77. The highest BCUT2D eigenvalue weighted by Crippen LogP contribution is 2.19. The van der Waals surface area contributed by atoms with Crippen molar-refractivity contribution in [3.8, 4) is 0 Å². The van der Waals surface area contributed by atoms with Crippen molar-refractivity contribution < 1.29 is 0 Å². The molecule has 1 aliphatic heterocycles. The minimum absolute atomic E-state index is 1.02. The Morgan fingerprint density at radius 1 is 1.29 bits per heavy atom. The van der Waals surface area contributed by atoms with E-state index in [0.29, 0.717) is 0 Å². The van der Waals surface area contributed by atoms with Crippen molar-refractivity contribution >= 4 is 6.21 Å². The van der Waals surface area contributed by atoms with Crippen molar-refractivity contribution in [3.05, 3.63) is 46.7 Å². The van der Waals surface area contributed by atoms with Gasteiger partial charge in [-0.15, -0.1) is 0 Å². The third-order valence-corrected chi connectivity index (χ3v) is 2.85. The van der Waals surface area contributed by atoms with Gasteiger partial charge < -0.3 is 0 Å². The molecule has 0 atom stereocenters. The highest BCUT2D eigenvalue weighted by Gasteiger charge is 2.05. The Balaban J connectivity index is 2.21. The second-order valence-corrected chi connectivity index (χ2v) is 3.86. The van der Waals surface area contributed by atoms with Crippen LogP contribution in [0.15, 0.2) is 35.0 Å². The lowest BCUT2D eigenvalue weighted by molar-refractivity contribution is 1.08. The van der Waals surface area contributed by atoms with E-state index in [1.807, 2.05) is 12.4 Å². The van der Waals surface area contributed by atoms with Crippen molar-refractivity contribution in [3.63, 3.8) is 0 Å². The molecule has 2 rings (SSSR count). The third-order valence-electron chi connectivity index (χ3n) is 2.85. The van der Waals surface area contributed by atoms with E-state index in [1.165, 1.54) is 22.3 Å². The topological polar surface area (TPSA) is 12.4 Å². The van der Waals surface area contributed by atoms with Crippen LogP contribution in [0.3, 0.4) is 0 Å². The Hall–Kier alpha value is -1.37. The molecule has 1 aliphatic rings. The molecular formula is C13H15N. The molecule has 0 saturated heterocycles. The Morgan fingerprint density at radius 2 is 2.14 bits per heavy atom. The molecule has 0 saturated carbocycles. The third kappa shape index (κ3) is 1.77. The lowest BCUT2D eigenvalue weighted by Crippen LogP contribution is -1.94. The number of aliphatic imine (C=N–C) groups is 1. The van der Waals surface area contributed by atoms with Crippen LogP contribution >= 0.6 is 0 Å². The molecule has 1 heterocycles. The van der Waals surface area contributed by atoms with Crippen LogP contribution in [0.2, 0.25) is 0 Å². The zero-order valence-electron chi connectivity index (χ0n) is 8.75. The summed E-state index contributed by atoms with van der Waals surface area (Å²) >= 11 is 0. The lowest BCUT2D eigenvalue weighted by Gasteiger charge is -2.08. The summed E-state index contributed by atoms with van der Waals surface area (Å²) in [6.07, 6.45) is 6.03. The predicted molar refractivity (Wildman–Crippen MR) is 60.8 cm³/mol. The number of nitrogens with zero attached hydrogens (tertiary/aromatic N) is 1. The Bertz CT molecular complexity index is 400. The van der Waals surface area contributed by atoms with Gasteiger partial charge in [-0.05, 0) is 42.5 Å². The van der Waals surface area contributed by atoms with E-state index in [4.69, 9.17) is 0 Å². The monoisotopic (exact) mass is 185 g/mol. The van der Waals surface area contributed by atoms with Crippen LogP contribution in [0.1, 0.15) is 23.1 Å². The molecule has 1 heteroatoms. The Morgan fingerprint density at radius 3 is 2.86 bits per heavy atom. The van der Waals surface area contributed by atoms with Gasteiger partial charge in [0.05, 0.1) is 0 Å². The summed E-state index contributed by atoms with van der Waals surface area (Å²) in [4.78, 5) is 4.13. The SMILES string of the molecule is Cc1cccc(CC2=CN=CC2)c1C. The van der Waals surface area contributed by atoms with Gasteiger partial charge >= 0.3 is 0 Å². The molecule has 1 aromatic rings. The van der Waals surface area contributed by atoms with Gasteiger partial charge in [0.1, 0.15) is 0 Å². The van der Waals surface area contributed by atoms with E-state index in [9.17, 15) is 0 Å². The number of rotatable bonds is 2. The number of benzene rings is 1. The van der Waals surface area contributed by atoms with E-state index in [-0.39, 0.29) is 0 Å². The molecule has 0 fully saturated rings. The molecule has 72 valence electrons. The first-order valence-corrected chi connectivity index (χ1v) is 5.02. The van der Waals surface area contributed by atoms with E-state index in [1.54, 1.807) is 0 Å². The summed E-state index contributed by atoms with van der Waals surface area (Å²) < 4.78 is 0. The van der Waals surface area contributed by atoms with Crippen molar-refractivity contribution in [1.82, 2.24) is 0 Å². The van der Waals surface area contributed by atoms with Crippen molar-refractivity contribution in [1.29, 1.82) is 0 Å². The smallest absolute Gasteiger partial charge is 0.0263 e. The average Bonchev–Trinajstić information content (AvgIpc) is 2.66. The normalized spacial score (nSPS) is 14.6. The maximum atomic E-state index is 4.13. The van der Waals surface area contributed by atoms with Gasteiger partial charge in [-0.1, -0.05) is 18.2 Å². The fourth-order valence-corrected chi connectivity index (χ4v) is 1.75. The highest BCUT2D eigenvalue weighted by atomic mass is 14.7. The first-order valence-electron chi connectivity index (χ1n) is 5.02. The van der Waals surface area contributed by atoms with Gasteiger partial charge in [-0.2, -0.15) is 0 Å². The van der Waals surface area contributed by atoms with Crippen molar-refractivity contribution in [2.75, 3.05) is 0 Å². The maximum absolute atomic E-state index is 4.13. The van der Waals surface area contributed by atoms with Gasteiger partial charge in [0.25, 0.3) is 0 Å².